The molecular formula is C45H26N4O2. The van der Waals surface area contributed by atoms with E-state index in [1.54, 1.807) is 0 Å². The minimum absolute atomic E-state index is 0.538. The summed E-state index contributed by atoms with van der Waals surface area (Å²) in [6.07, 6.45) is 0. The lowest BCUT2D eigenvalue weighted by Crippen LogP contribution is -2.02. The lowest BCUT2D eigenvalue weighted by atomic mass is 10.1. The van der Waals surface area contributed by atoms with E-state index >= 15 is 0 Å². The van der Waals surface area contributed by atoms with Crippen molar-refractivity contribution in [3.8, 4) is 39.9 Å². The quantitative estimate of drug-likeness (QED) is 0.189. The molecule has 0 saturated carbocycles. The fourth-order valence-corrected chi connectivity index (χ4v) is 7.58. The molecule has 0 N–H and O–H groups in total. The summed E-state index contributed by atoms with van der Waals surface area (Å²) in [6, 6.07) is 53.9. The molecule has 11 aromatic rings. The Balaban J connectivity index is 1.23. The van der Waals surface area contributed by atoms with E-state index in [4.69, 9.17) is 23.8 Å². The Bertz CT molecular complexity index is 3150. The molecule has 0 saturated heterocycles. The number of benzene rings is 7. The number of hydrogen-bond donors (Lipinski definition) is 0. The van der Waals surface area contributed by atoms with Gasteiger partial charge in [0.05, 0.1) is 16.6 Å². The van der Waals surface area contributed by atoms with E-state index in [-0.39, 0.29) is 0 Å². The molecule has 7 aromatic carbocycles. The first kappa shape index (κ1) is 27.9. The van der Waals surface area contributed by atoms with Gasteiger partial charge in [-0.25, -0.2) is 15.0 Å². The second-order valence-electron chi connectivity index (χ2n) is 12.8. The van der Waals surface area contributed by atoms with Crippen LogP contribution in [-0.4, -0.2) is 19.5 Å². The average Bonchev–Trinajstić information content (AvgIpc) is 3.87. The zero-order valence-corrected chi connectivity index (χ0v) is 27.1. The molecule has 0 aliphatic rings. The Morgan fingerprint density at radius 1 is 0.392 bits per heavy atom. The number of aromatic nitrogens is 4. The smallest absolute Gasteiger partial charge is 0.167 e. The molecule has 0 aliphatic carbocycles. The summed E-state index contributed by atoms with van der Waals surface area (Å²) in [6.45, 7) is 0. The summed E-state index contributed by atoms with van der Waals surface area (Å²) >= 11 is 0. The van der Waals surface area contributed by atoms with Crippen LogP contribution in [0.25, 0.3) is 106 Å². The minimum Gasteiger partial charge on any atom is -0.456 e. The third-order valence-corrected chi connectivity index (χ3v) is 9.87. The minimum atomic E-state index is 0.538. The zero-order chi connectivity index (χ0) is 33.5. The van der Waals surface area contributed by atoms with E-state index in [1.165, 1.54) is 0 Å². The third kappa shape index (κ3) is 4.20. The summed E-state index contributed by atoms with van der Waals surface area (Å²) < 4.78 is 15.0. The maximum atomic E-state index is 6.49. The Morgan fingerprint density at radius 2 is 0.980 bits per heavy atom. The average molecular weight is 655 g/mol. The van der Waals surface area contributed by atoms with Crippen molar-refractivity contribution in [1.29, 1.82) is 0 Å². The van der Waals surface area contributed by atoms with Gasteiger partial charge in [-0.2, -0.15) is 0 Å². The van der Waals surface area contributed by atoms with Crippen molar-refractivity contribution in [2.75, 3.05) is 0 Å². The number of para-hydroxylation sites is 6. The van der Waals surface area contributed by atoms with Crippen molar-refractivity contribution < 1.29 is 8.83 Å². The van der Waals surface area contributed by atoms with Gasteiger partial charge in [-0.3, -0.25) is 0 Å². The Kier molecular flexibility index (Phi) is 5.86. The maximum absolute atomic E-state index is 6.49. The highest BCUT2D eigenvalue weighted by atomic mass is 16.3. The Labute approximate surface area is 290 Å². The zero-order valence-electron chi connectivity index (χ0n) is 27.1. The molecule has 0 unspecified atom stereocenters. The molecular weight excluding hydrogens is 629 g/mol. The van der Waals surface area contributed by atoms with Gasteiger partial charge < -0.3 is 13.4 Å². The summed E-state index contributed by atoms with van der Waals surface area (Å²) in [5, 5.41) is 6.42. The second-order valence-corrected chi connectivity index (χ2v) is 12.8. The van der Waals surface area contributed by atoms with Gasteiger partial charge in [0, 0.05) is 49.1 Å². The molecule has 51 heavy (non-hydrogen) atoms. The first-order chi connectivity index (χ1) is 25.3. The van der Waals surface area contributed by atoms with Crippen LogP contribution in [0.2, 0.25) is 0 Å². The number of hydrogen-bond acceptors (Lipinski definition) is 5. The molecule has 0 atom stereocenters. The third-order valence-electron chi connectivity index (χ3n) is 9.87. The summed E-state index contributed by atoms with van der Waals surface area (Å²) in [5.74, 6) is 1.68. The number of fused-ring (bicyclic) bond motifs is 9. The Hall–Kier alpha value is -7.05. The molecule has 0 fully saturated rings. The molecule has 0 bridgehead atoms. The van der Waals surface area contributed by atoms with Crippen molar-refractivity contribution in [1.82, 2.24) is 19.5 Å². The van der Waals surface area contributed by atoms with Crippen LogP contribution in [0.15, 0.2) is 167 Å². The monoisotopic (exact) mass is 654 g/mol. The van der Waals surface area contributed by atoms with Gasteiger partial charge in [-0.1, -0.05) is 97.1 Å². The summed E-state index contributed by atoms with van der Waals surface area (Å²) in [4.78, 5) is 15.7. The van der Waals surface area contributed by atoms with E-state index in [9.17, 15) is 0 Å². The van der Waals surface area contributed by atoms with E-state index in [1.807, 2.05) is 66.7 Å². The lowest BCUT2D eigenvalue weighted by Gasteiger charge is -2.13. The van der Waals surface area contributed by atoms with Crippen LogP contribution in [0.5, 0.6) is 0 Å². The van der Waals surface area contributed by atoms with Crippen molar-refractivity contribution in [2.45, 2.75) is 0 Å². The highest BCUT2D eigenvalue weighted by molar-refractivity contribution is 6.14. The van der Waals surface area contributed by atoms with Crippen molar-refractivity contribution in [3.05, 3.63) is 158 Å². The molecule has 238 valence electrons. The molecule has 0 aliphatic heterocycles. The van der Waals surface area contributed by atoms with Crippen LogP contribution in [0.3, 0.4) is 0 Å². The highest BCUT2D eigenvalue weighted by Gasteiger charge is 2.22. The summed E-state index contributed by atoms with van der Waals surface area (Å²) in [7, 11) is 0. The van der Waals surface area contributed by atoms with Gasteiger partial charge in [0.1, 0.15) is 22.3 Å². The Morgan fingerprint density at radius 3 is 1.80 bits per heavy atom. The normalized spacial score (nSPS) is 11.9. The first-order valence-corrected chi connectivity index (χ1v) is 16.9. The number of furan rings is 2. The van der Waals surface area contributed by atoms with E-state index in [2.05, 4.69) is 95.6 Å². The predicted molar refractivity (Wildman–Crippen MR) is 205 cm³/mol. The van der Waals surface area contributed by atoms with E-state index in [0.717, 1.165) is 88.1 Å². The molecule has 4 aromatic heterocycles. The summed E-state index contributed by atoms with van der Waals surface area (Å²) in [5.41, 5.74) is 9.02. The van der Waals surface area contributed by atoms with Crippen LogP contribution in [0, 0.1) is 0 Å². The second kappa shape index (κ2) is 10.7. The molecule has 4 heterocycles. The van der Waals surface area contributed by atoms with Crippen LogP contribution in [-0.2, 0) is 0 Å². The fraction of sp³-hybridized carbons (Fsp3) is 0. The van der Waals surface area contributed by atoms with Gasteiger partial charge in [-0.05, 0) is 60.7 Å². The number of nitrogens with zero attached hydrogens (tertiary/aromatic N) is 4. The highest BCUT2D eigenvalue weighted by Crippen LogP contribution is 2.40. The van der Waals surface area contributed by atoms with Gasteiger partial charge in [-0.15, -0.1) is 0 Å². The van der Waals surface area contributed by atoms with E-state index < -0.39 is 0 Å². The maximum Gasteiger partial charge on any atom is 0.167 e. The van der Waals surface area contributed by atoms with E-state index in [0.29, 0.717) is 17.5 Å². The van der Waals surface area contributed by atoms with Crippen molar-refractivity contribution in [2.24, 2.45) is 0 Å². The SMILES string of the molecule is c1ccc(-n2c3ccccc3c3cccc(-c4nc(-c5ccc6oc7ccccc7c6c5)nc(-c5cccc6c5oc5ccccc56)n4)c32)cc1. The van der Waals surface area contributed by atoms with Gasteiger partial charge in [0.2, 0.25) is 0 Å². The van der Waals surface area contributed by atoms with Crippen LogP contribution >= 0.6 is 0 Å². The standard InChI is InChI=1S/C45H26N4O2/c1-2-12-28(13-3-1)49-37-21-7-4-14-29(37)32-17-10-19-34(41(32)49)44-46-43(27-24-25-40-36(26-27)31-16-6-8-22-38(31)50-40)47-45(48-44)35-20-11-18-33-30-15-5-9-23-39(30)51-42(33)35/h1-26H. The largest absolute Gasteiger partial charge is 0.456 e. The van der Waals surface area contributed by atoms with Crippen molar-refractivity contribution >= 4 is 65.7 Å². The first-order valence-electron chi connectivity index (χ1n) is 16.9. The fourth-order valence-electron chi connectivity index (χ4n) is 7.58. The molecule has 0 radical (unpaired) electrons. The number of rotatable bonds is 4. The molecule has 6 nitrogen and oxygen atoms in total. The molecule has 6 heteroatoms. The van der Waals surface area contributed by atoms with Crippen LogP contribution in [0.1, 0.15) is 0 Å². The van der Waals surface area contributed by atoms with Crippen LogP contribution in [0.4, 0.5) is 0 Å². The topological polar surface area (TPSA) is 69.9 Å². The molecule has 0 spiro atoms. The molecule has 11 rings (SSSR count). The lowest BCUT2D eigenvalue weighted by molar-refractivity contribution is 0.669. The van der Waals surface area contributed by atoms with Gasteiger partial charge >= 0.3 is 0 Å². The molecule has 0 amide bonds. The predicted octanol–water partition coefficient (Wildman–Crippen LogP) is 11.8. The van der Waals surface area contributed by atoms with Crippen LogP contribution < -0.4 is 0 Å². The van der Waals surface area contributed by atoms with Gasteiger partial charge in [0.15, 0.2) is 17.5 Å². The van der Waals surface area contributed by atoms with Gasteiger partial charge in [0.25, 0.3) is 0 Å². The van der Waals surface area contributed by atoms with Crippen molar-refractivity contribution in [3.63, 3.8) is 0 Å².